The molecule has 0 aliphatic carbocycles. The fraction of sp³-hybridized carbons (Fsp3) is 0.435. The SMILES string of the molecule is CCN1CCN(c2ccc(NC(=O)CN(c3ccccc3C)S(C)(=O)=O)c(C)c2)CC1. The van der Waals surface area contributed by atoms with Gasteiger partial charge < -0.3 is 15.1 Å². The smallest absolute Gasteiger partial charge is 0.245 e. The summed E-state index contributed by atoms with van der Waals surface area (Å²) in [5.41, 5.74) is 4.09. The van der Waals surface area contributed by atoms with Crippen molar-refractivity contribution in [2.24, 2.45) is 0 Å². The van der Waals surface area contributed by atoms with E-state index in [-0.39, 0.29) is 12.5 Å². The van der Waals surface area contributed by atoms with Gasteiger partial charge in [-0.3, -0.25) is 9.10 Å². The first-order chi connectivity index (χ1) is 14.7. The van der Waals surface area contributed by atoms with Crippen LogP contribution in [0.1, 0.15) is 18.1 Å². The van der Waals surface area contributed by atoms with Crippen LogP contribution >= 0.6 is 0 Å². The molecule has 168 valence electrons. The average molecular weight is 445 g/mol. The minimum atomic E-state index is -3.60. The van der Waals surface area contributed by atoms with Gasteiger partial charge in [0.2, 0.25) is 15.9 Å². The van der Waals surface area contributed by atoms with Gasteiger partial charge >= 0.3 is 0 Å². The maximum atomic E-state index is 12.7. The number of benzene rings is 2. The summed E-state index contributed by atoms with van der Waals surface area (Å²) in [5.74, 6) is -0.374. The molecule has 2 aromatic rings. The van der Waals surface area contributed by atoms with Gasteiger partial charge in [-0.25, -0.2) is 8.42 Å². The monoisotopic (exact) mass is 444 g/mol. The summed E-state index contributed by atoms with van der Waals surface area (Å²) >= 11 is 0. The Hall–Kier alpha value is -2.58. The topological polar surface area (TPSA) is 73.0 Å². The molecule has 2 aromatic carbocycles. The molecule has 1 N–H and O–H groups in total. The standard InChI is InChI=1S/C23H32N4O3S/c1-5-25-12-14-26(15-13-25)20-10-11-21(19(3)16-20)24-23(28)17-27(31(4,29)30)22-9-7-6-8-18(22)2/h6-11,16H,5,12-15,17H2,1-4H3,(H,24,28). The fourth-order valence-electron chi connectivity index (χ4n) is 3.85. The van der Waals surface area contributed by atoms with Gasteiger partial charge in [0, 0.05) is 37.6 Å². The Morgan fingerprint density at radius 2 is 1.71 bits per heavy atom. The Bertz CT molecular complexity index is 1030. The van der Waals surface area contributed by atoms with Crippen molar-refractivity contribution in [2.45, 2.75) is 20.8 Å². The molecular formula is C23H32N4O3S. The van der Waals surface area contributed by atoms with Gasteiger partial charge in [0.25, 0.3) is 0 Å². The number of anilines is 3. The van der Waals surface area contributed by atoms with Crippen molar-refractivity contribution in [3.05, 3.63) is 53.6 Å². The van der Waals surface area contributed by atoms with Gasteiger partial charge in [-0.05, 0) is 55.8 Å². The molecule has 1 fully saturated rings. The van der Waals surface area contributed by atoms with Crippen molar-refractivity contribution in [3.63, 3.8) is 0 Å². The quantitative estimate of drug-likeness (QED) is 0.711. The van der Waals surface area contributed by atoms with Crippen LogP contribution in [0.3, 0.4) is 0 Å². The van der Waals surface area contributed by atoms with E-state index in [0.29, 0.717) is 11.4 Å². The van der Waals surface area contributed by atoms with Gasteiger partial charge in [0.15, 0.2) is 0 Å². The van der Waals surface area contributed by atoms with E-state index in [1.165, 1.54) is 0 Å². The maximum Gasteiger partial charge on any atom is 0.245 e. The Kier molecular flexibility index (Phi) is 7.23. The van der Waals surface area contributed by atoms with Crippen LogP contribution in [-0.4, -0.2) is 64.7 Å². The van der Waals surface area contributed by atoms with Crippen LogP contribution in [0.5, 0.6) is 0 Å². The summed E-state index contributed by atoms with van der Waals surface area (Å²) in [6.07, 6.45) is 1.12. The molecule has 0 spiro atoms. The number of carbonyl (C=O) groups is 1. The lowest BCUT2D eigenvalue weighted by Crippen LogP contribution is -2.46. The van der Waals surface area contributed by atoms with E-state index in [1.807, 2.05) is 38.1 Å². The molecule has 0 bridgehead atoms. The number of nitrogens with one attached hydrogen (secondary N) is 1. The van der Waals surface area contributed by atoms with Gasteiger partial charge in [-0.1, -0.05) is 25.1 Å². The van der Waals surface area contributed by atoms with Gasteiger partial charge in [-0.15, -0.1) is 0 Å². The van der Waals surface area contributed by atoms with Gasteiger partial charge in [0.1, 0.15) is 6.54 Å². The number of sulfonamides is 1. The first-order valence-electron chi connectivity index (χ1n) is 10.6. The molecule has 0 unspecified atom stereocenters. The van der Waals surface area contributed by atoms with E-state index in [4.69, 9.17) is 0 Å². The number of hydrogen-bond acceptors (Lipinski definition) is 5. The van der Waals surface area contributed by atoms with Crippen LogP contribution in [0.4, 0.5) is 17.1 Å². The van der Waals surface area contributed by atoms with Crippen molar-refractivity contribution in [1.82, 2.24) is 4.90 Å². The predicted octanol–water partition coefficient (Wildman–Crippen LogP) is 2.85. The summed E-state index contributed by atoms with van der Waals surface area (Å²) in [5, 5.41) is 2.88. The van der Waals surface area contributed by atoms with Crippen LogP contribution in [0.15, 0.2) is 42.5 Å². The van der Waals surface area contributed by atoms with E-state index < -0.39 is 10.0 Å². The highest BCUT2D eigenvalue weighted by molar-refractivity contribution is 7.92. The molecule has 3 rings (SSSR count). The summed E-state index contributed by atoms with van der Waals surface area (Å²) < 4.78 is 25.8. The minimum absolute atomic E-state index is 0.274. The van der Waals surface area contributed by atoms with Crippen molar-refractivity contribution < 1.29 is 13.2 Å². The zero-order chi connectivity index (χ0) is 22.6. The second kappa shape index (κ2) is 9.70. The van der Waals surface area contributed by atoms with Gasteiger partial charge in [0.05, 0.1) is 11.9 Å². The molecule has 0 saturated carbocycles. The molecule has 1 aliphatic heterocycles. The van der Waals surface area contributed by atoms with Crippen LogP contribution in [0.25, 0.3) is 0 Å². The third kappa shape index (κ3) is 5.77. The van der Waals surface area contributed by atoms with Crippen LogP contribution < -0.4 is 14.5 Å². The first-order valence-corrected chi connectivity index (χ1v) is 12.4. The summed E-state index contributed by atoms with van der Waals surface area (Å²) in [4.78, 5) is 17.5. The summed E-state index contributed by atoms with van der Waals surface area (Å²) in [7, 11) is -3.60. The van der Waals surface area contributed by atoms with Crippen molar-refractivity contribution in [2.75, 3.05) is 60.0 Å². The highest BCUT2D eigenvalue weighted by Crippen LogP contribution is 2.25. The number of carbonyl (C=O) groups excluding carboxylic acids is 1. The van der Waals surface area contributed by atoms with Crippen LogP contribution in [0, 0.1) is 13.8 Å². The van der Waals surface area contributed by atoms with Gasteiger partial charge in [-0.2, -0.15) is 0 Å². The summed E-state index contributed by atoms with van der Waals surface area (Å²) in [6, 6.07) is 13.1. The van der Waals surface area contributed by atoms with Crippen LogP contribution in [0.2, 0.25) is 0 Å². The Morgan fingerprint density at radius 3 is 2.29 bits per heavy atom. The highest BCUT2D eigenvalue weighted by atomic mass is 32.2. The molecule has 0 aromatic heterocycles. The average Bonchev–Trinajstić information content (AvgIpc) is 2.73. The number of para-hydroxylation sites is 1. The normalized spacial score (nSPS) is 15.0. The summed E-state index contributed by atoms with van der Waals surface area (Å²) in [6.45, 7) is 10.8. The molecule has 1 saturated heterocycles. The Labute approximate surface area is 185 Å². The number of likely N-dealkylation sites (N-methyl/N-ethyl adjacent to an activating group) is 1. The number of rotatable bonds is 7. The Morgan fingerprint density at radius 1 is 1.03 bits per heavy atom. The Balaban J connectivity index is 1.70. The number of piperazine rings is 1. The van der Waals surface area contributed by atoms with E-state index in [9.17, 15) is 13.2 Å². The second-order valence-electron chi connectivity index (χ2n) is 8.02. The van der Waals surface area contributed by atoms with Crippen molar-refractivity contribution >= 4 is 33.0 Å². The largest absolute Gasteiger partial charge is 0.369 e. The maximum absolute atomic E-state index is 12.7. The third-order valence-electron chi connectivity index (χ3n) is 5.74. The molecule has 1 amide bonds. The molecule has 0 atom stereocenters. The minimum Gasteiger partial charge on any atom is -0.369 e. The number of hydrogen-bond donors (Lipinski definition) is 1. The molecule has 1 heterocycles. The molecular weight excluding hydrogens is 412 g/mol. The fourth-order valence-corrected chi connectivity index (χ4v) is 4.77. The lowest BCUT2D eigenvalue weighted by Gasteiger charge is -2.35. The zero-order valence-electron chi connectivity index (χ0n) is 18.8. The van der Waals surface area contributed by atoms with E-state index in [0.717, 1.165) is 60.1 Å². The van der Waals surface area contributed by atoms with E-state index in [2.05, 4.69) is 28.1 Å². The molecule has 8 heteroatoms. The number of nitrogens with zero attached hydrogens (tertiary/aromatic N) is 3. The van der Waals surface area contributed by atoms with Crippen LogP contribution in [-0.2, 0) is 14.8 Å². The molecule has 31 heavy (non-hydrogen) atoms. The lowest BCUT2D eigenvalue weighted by atomic mass is 10.1. The molecule has 7 nitrogen and oxygen atoms in total. The number of amides is 1. The van der Waals surface area contributed by atoms with Crippen molar-refractivity contribution in [3.8, 4) is 0 Å². The predicted molar refractivity (Wildman–Crippen MR) is 128 cm³/mol. The molecule has 1 aliphatic rings. The third-order valence-corrected chi connectivity index (χ3v) is 6.87. The first kappa shape index (κ1) is 23.1. The zero-order valence-corrected chi connectivity index (χ0v) is 19.6. The van der Waals surface area contributed by atoms with Crippen molar-refractivity contribution in [1.29, 1.82) is 0 Å². The second-order valence-corrected chi connectivity index (χ2v) is 9.93. The van der Waals surface area contributed by atoms with E-state index in [1.54, 1.807) is 12.1 Å². The number of aryl methyl sites for hydroxylation is 2. The highest BCUT2D eigenvalue weighted by Gasteiger charge is 2.23. The lowest BCUT2D eigenvalue weighted by molar-refractivity contribution is -0.114. The van der Waals surface area contributed by atoms with E-state index >= 15 is 0 Å². The molecule has 0 radical (unpaired) electrons.